The summed E-state index contributed by atoms with van der Waals surface area (Å²) in [7, 11) is 0. The molecule has 0 aromatic heterocycles. The summed E-state index contributed by atoms with van der Waals surface area (Å²) in [6.45, 7) is 2.35. The van der Waals surface area contributed by atoms with Gasteiger partial charge < -0.3 is 0 Å². The van der Waals surface area contributed by atoms with Crippen molar-refractivity contribution < 1.29 is 0 Å². The fourth-order valence-electron chi connectivity index (χ4n) is 2.05. The molecule has 11 heavy (non-hydrogen) atoms. The Hall–Kier alpha value is 0.480. The highest BCUT2D eigenvalue weighted by Gasteiger charge is 2.15. The molecule has 1 aliphatic carbocycles. The Morgan fingerprint density at radius 2 is 1.91 bits per heavy atom. The molecule has 1 heteroatoms. The molecule has 0 aromatic rings. The van der Waals surface area contributed by atoms with E-state index in [4.69, 9.17) is 0 Å². The number of rotatable bonds is 3. The average Bonchev–Trinajstić information content (AvgIpc) is 2.06. The van der Waals surface area contributed by atoms with Crippen LogP contribution in [-0.2, 0) is 0 Å². The molecule has 1 aliphatic rings. The predicted octanol–water partition coefficient (Wildman–Crippen LogP) is 3.99. The van der Waals surface area contributed by atoms with Gasteiger partial charge in [-0.1, -0.05) is 55.0 Å². The molecule has 0 radical (unpaired) electrons. The summed E-state index contributed by atoms with van der Waals surface area (Å²) in [4.78, 5) is 0. The summed E-state index contributed by atoms with van der Waals surface area (Å²) in [6, 6.07) is 0. The smallest absolute Gasteiger partial charge is 0.00571 e. The minimum absolute atomic E-state index is 0.887. The van der Waals surface area contributed by atoms with E-state index in [0.717, 1.165) is 11.8 Å². The molecule has 1 atom stereocenters. The summed E-state index contributed by atoms with van der Waals surface area (Å²) in [5.41, 5.74) is 0. The van der Waals surface area contributed by atoms with Crippen molar-refractivity contribution in [3.05, 3.63) is 0 Å². The second-order valence-corrected chi connectivity index (χ2v) is 4.65. The average molecular weight is 219 g/mol. The number of halogens is 1. The zero-order valence-electron chi connectivity index (χ0n) is 7.48. The second-order valence-electron chi connectivity index (χ2n) is 4.00. The first kappa shape index (κ1) is 9.57. The Bertz CT molecular complexity index is 95.0. The zero-order valence-corrected chi connectivity index (χ0v) is 9.07. The highest BCUT2D eigenvalue weighted by molar-refractivity contribution is 9.09. The topological polar surface area (TPSA) is 0 Å². The molecule has 66 valence electrons. The zero-order chi connectivity index (χ0) is 8.10. The maximum Gasteiger partial charge on any atom is 0.00571 e. The van der Waals surface area contributed by atoms with Crippen molar-refractivity contribution in [1.82, 2.24) is 0 Å². The maximum absolute atomic E-state index is 3.54. The lowest BCUT2D eigenvalue weighted by molar-refractivity contribution is 0.307. The molecule has 1 fully saturated rings. The van der Waals surface area contributed by atoms with E-state index in [-0.39, 0.29) is 0 Å². The Kier molecular flexibility index (Phi) is 4.51. The molecule has 0 aliphatic heterocycles. The van der Waals surface area contributed by atoms with Crippen molar-refractivity contribution in [2.24, 2.45) is 11.8 Å². The van der Waals surface area contributed by atoms with E-state index >= 15 is 0 Å². The Morgan fingerprint density at radius 1 is 1.27 bits per heavy atom. The van der Waals surface area contributed by atoms with Gasteiger partial charge in [-0.05, 0) is 18.3 Å². The molecule has 0 spiro atoms. The summed E-state index contributed by atoms with van der Waals surface area (Å²) >= 11 is 3.54. The Labute approximate surface area is 78.9 Å². The van der Waals surface area contributed by atoms with Crippen molar-refractivity contribution >= 4 is 15.9 Å². The van der Waals surface area contributed by atoms with Gasteiger partial charge in [0.2, 0.25) is 0 Å². The van der Waals surface area contributed by atoms with Gasteiger partial charge in [0.25, 0.3) is 0 Å². The van der Waals surface area contributed by atoms with Crippen LogP contribution in [0.5, 0.6) is 0 Å². The van der Waals surface area contributed by atoms with Crippen LogP contribution in [0.1, 0.15) is 45.4 Å². The largest absolute Gasteiger partial charge is 0.0925 e. The van der Waals surface area contributed by atoms with Gasteiger partial charge in [0.15, 0.2) is 0 Å². The highest BCUT2D eigenvalue weighted by atomic mass is 79.9. The van der Waals surface area contributed by atoms with Crippen LogP contribution in [0, 0.1) is 11.8 Å². The minimum Gasteiger partial charge on any atom is -0.0925 e. The molecule has 0 amide bonds. The van der Waals surface area contributed by atoms with E-state index < -0.39 is 0 Å². The molecule has 1 rings (SSSR count). The summed E-state index contributed by atoms with van der Waals surface area (Å²) in [5.74, 6) is 1.94. The molecule has 0 bridgehead atoms. The van der Waals surface area contributed by atoms with Gasteiger partial charge in [-0.15, -0.1) is 0 Å². The lowest BCUT2D eigenvalue weighted by Gasteiger charge is -2.23. The number of hydrogen-bond acceptors (Lipinski definition) is 0. The molecule has 0 N–H and O–H groups in total. The van der Waals surface area contributed by atoms with Crippen molar-refractivity contribution in [1.29, 1.82) is 0 Å². The van der Waals surface area contributed by atoms with E-state index in [9.17, 15) is 0 Å². The van der Waals surface area contributed by atoms with E-state index in [1.165, 1.54) is 43.9 Å². The van der Waals surface area contributed by atoms with Crippen molar-refractivity contribution in [2.75, 3.05) is 5.33 Å². The van der Waals surface area contributed by atoms with E-state index in [2.05, 4.69) is 22.9 Å². The molecule has 0 unspecified atom stereocenters. The highest BCUT2D eigenvalue weighted by Crippen LogP contribution is 2.29. The van der Waals surface area contributed by atoms with Crippen LogP contribution >= 0.6 is 15.9 Å². The quantitative estimate of drug-likeness (QED) is 0.629. The van der Waals surface area contributed by atoms with Gasteiger partial charge in [-0.2, -0.15) is 0 Å². The van der Waals surface area contributed by atoms with Crippen LogP contribution in [0.3, 0.4) is 0 Å². The van der Waals surface area contributed by atoms with Gasteiger partial charge in [-0.3, -0.25) is 0 Å². The van der Waals surface area contributed by atoms with Gasteiger partial charge in [-0.25, -0.2) is 0 Å². The number of alkyl halides is 1. The van der Waals surface area contributed by atoms with E-state index in [0.29, 0.717) is 0 Å². The van der Waals surface area contributed by atoms with Crippen molar-refractivity contribution in [3.63, 3.8) is 0 Å². The van der Waals surface area contributed by atoms with Crippen LogP contribution < -0.4 is 0 Å². The van der Waals surface area contributed by atoms with Crippen LogP contribution in [0.15, 0.2) is 0 Å². The minimum atomic E-state index is 0.887. The van der Waals surface area contributed by atoms with Gasteiger partial charge >= 0.3 is 0 Å². The maximum atomic E-state index is 3.54. The molecule has 1 saturated carbocycles. The monoisotopic (exact) mass is 218 g/mol. The van der Waals surface area contributed by atoms with Crippen molar-refractivity contribution in [3.8, 4) is 0 Å². The first-order valence-corrected chi connectivity index (χ1v) is 6.01. The molecule has 0 saturated heterocycles. The van der Waals surface area contributed by atoms with Crippen molar-refractivity contribution in [2.45, 2.75) is 45.4 Å². The number of hydrogen-bond donors (Lipinski definition) is 0. The van der Waals surface area contributed by atoms with Crippen LogP contribution in [-0.4, -0.2) is 5.33 Å². The molecule has 0 nitrogen and oxygen atoms in total. The summed E-state index contributed by atoms with van der Waals surface area (Å²) in [6.07, 6.45) is 8.90. The third-order valence-corrected chi connectivity index (χ3v) is 3.83. The Balaban J connectivity index is 2.13. The normalized spacial score (nSPS) is 23.5. The Morgan fingerprint density at radius 3 is 2.45 bits per heavy atom. The summed E-state index contributed by atoms with van der Waals surface area (Å²) < 4.78 is 0. The third-order valence-electron chi connectivity index (χ3n) is 2.72. The lowest BCUT2D eigenvalue weighted by Crippen LogP contribution is -2.10. The fraction of sp³-hybridized carbons (Fsp3) is 1.00. The first-order chi connectivity index (χ1) is 5.33. The molecule has 0 heterocycles. The SMILES string of the molecule is C[C@@H](CBr)CC1CCCCC1. The van der Waals surface area contributed by atoms with E-state index in [1.54, 1.807) is 0 Å². The van der Waals surface area contributed by atoms with Gasteiger partial charge in [0.1, 0.15) is 0 Å². The molecule has 0 aromatic carbocycles. The van der Waals surface area contributed by atoms with Crippen LogP contribution in [0.4, 0.5) is 0 Å². The van der Waals surface area contributed by atoms with Gasteiger partial charge in [0.05, 0.1) is 0 Å². The predicted molar refractivity (Wildman–Crippen MR) is 54.2 cm³/mol. The third kappa shape index (κ3) is 3.59. The summed E-state index contributed by atoms with van der Waals surface area (Å²) in [5, 5.41) is 1.18. The fourth-order valence-corrected chi connectivity index (χ4v) is 2.32. The van der Waals surface area contributed by atoms with Crippen LogP contribution in [0.2, 0.25) is 0 Å². The van der Waals surface area contributed by atoms with E-state index in [1.807, 2.05) is 0 Å². The molecular weight excluding hydrogens is 200 g/mol. The standard InChI is InChI=1S/C10H19Br/c1-9(8-11)7-10-5-3-2-4-6-10/h9-10H,2-8H2,1H3/t9-/m1/s1. The van der Waals surface area contributed by atoms with Crippen LogP contribution in [0.25, 0.3) is 0 Å². The van der Waals surface area contributed by atoms with Gasteiger partial charge in [0, 0.05) is 5.33 Å². The first-order valence-electron chi connectivity index (χ1n) is 4.89. The lowest BCUT2D eigenvalue weighted by atomic mass is 9.84. The molecular formula is C10H19Br. The second kappa shape index (κ2) is 5.18.